The number of rotatable bonds is 5. The lowest BCUT2D eigenvalue weighted by molar-refractivity contribution is 0.237. The average molecular weight is 240 g/mol. The number of nitrogens with two attached hydrogens (primary N) is 1. The predicted molar refractivity (Wildman–Crippen MR) is 66.7 cm³/mol. The molecule has 4 heteroatoms. The highest BCUT2D eigenvalue weighted by Gasteiger charge is 2.20. The fraction of sp³-hybridized carbons (Fsp3) is 0.615. The van der Waals surface area contributed by atoms with E-state index in [9.17, 15) is 4.39 Å². The van der Waals surface area contributed by atoms with Crippen LogP contribution in [0.15, 0.2) is 18.5 Å². The van der Waals surface area contributed by atoms with Crippen LogP contribution in [0.5, 0.6) is 5.75 Å². The van der Waals surface area contributed by atoms with Gasteiger partial charge in [0.25, 0.3) is 0 Å². The van der Waals surface area contributed by atoms with E-state index in [1.807, 2.05) is 27.7 Å². The van der Waals surface area contributed by atoms with Gasteiger partial charge in [0.05, 0.1) is 12.3 Å². The molecule has 17 heavy (non-hydrogen) atoms. The molecule has 0 bridgehead atoms. The maximum absolute atomic E-state index is 14.0. The molecule has 0 aliphatic rings. The van der Waals surface area contributed by atoms with Gasteiger partial charge in [-0.1, -0.05) is 0 Å². The Morgan fingerprint density at radius 1 is 1.41 bits per heavy atom. The molecule has 0 aliphatic carbocycles. The van der Waals surface area contributed by atoms with Crippen molar-refractivity contribution in [2.45, 2.75) is 51.9 Å². The Balaban J connectivity index is 2.77. The summed E-state index contributed by atoms with van der Waals surface area (Å²) in [6.07, 6.45) is 2.31. The van der Waals surface area contributed by atoms with E-state index in [4.69, 9.17) is 10.5 Å². The Hall–Kier alpha value is -1.16. The normalized spacial score (nSPS) is 13.8. The SMILES string of the molecule is CC(C)Oc1cncc(C(F)CC(C)(C)N)c1. The molecule has 0 saturated heterocycles. The Morgan fingerprint density at radius 2 is 2.06 bits per heavy atom. The zero-order chi connectivity index (χ0) is 13.1. The summed E-state index contributed by atoms with van der Waals surface area (Å²) in [4.78, 5) is 3.98. The number of hydrogen-bond acceptors (Lipinski definition) is 3. The van der Waals surface area contributed by atoms with Gasteiger partial charge in [0.15, 0.2) is 0 Å². The van der Waals surface area contributed by atoms with Crippen molar-refractivity contribution >= 4 is 0 Å². The number of pyridine rings is 1. The van der Waals surface area contributed by atoms with Gasteiger partial charge in [-0.05, 0) is 33.8 Å². The molecule has 96 valence electrons. The molecule has 0 fully saturated rings. The lowest BCUT2D eigenvalue weighted by atomic mass is 9.96. The van der Waals surface area contributed by atoms with Crippen molar-refractivity contribution in [3.8, 4) is 5.75 Å². The number of alkyl halides is 1. The maximum atomic E-state index is 14.0. The van der Waals surface area contributed by atoms with E-state index in [2.05, 4.69) is 4.98 Å². The number of ether oxygens (including phenoxy) is 1. The van der Waals surface area contributed by atoms with Crippen molar-refractivity contribution < 1.29 is 9.13 Å². The summed E-state index contributed by atoms with van der Waals surface area (Å²) >= 11 is 0. The van der Waals surface area contributed by atoms with Gasteiger partial charge < -0.3 is 10.5 Å². The molecule has 0 aliphatic heterocycles. The summed E-state index contributed by atoms with van der Waals surface area (Å²) < 4.78 is 19.4. The van der Waals surface area contributed by atoms with Crippen molar-refractivity contribution in [2.75, 3.05) is 0 Å². The second-order valence-corrected chi connectivity index (χ2v) is 5.28. The zero-order valence-corrected chi connectivity index (χ0v) is 10.9. The molecule has 1 heterocycles. The molecule has 1 aromatic rings. The van der Waals surface area contributed by atoms with E-state index in [0.717, 1.165) is 0 Å². The second kappa shape index (κ2) is 5.45. The van der Waals surface area contributed by atoms with E-state index in [0.29, 0.717) is 11.3 Å². The van der Waals surface area contributed by atoms with E-state index < -0.39 is 11.7 Å². The molecule has 0 spiro atoms. The van der Waals surface area contributed by atoms with Gasteiger partial charge in [0.1, 0.15) is 11.9 Å². The molecule has 0 amide bonds. The number of halogens is 1. The minimum absolute atomic E-state index is 0.0519. The molecular weight excluding hydrogens is 219 g/mol. The highest BCUT2D eigenvalue weighted by Crippen LogP contribution is 2.27. The second-order valence-electron chi connectivity index (χ2n) is 5.28. The first-order valence-corrected chi connectivity index (χ1v) is 5.82. The van der Waals surface area contributed by atoms with Gasteiger partial charge in [-0.15, -0.1) is 0 Å². The fourth-order valence-electron chi connectivity index (χ4n) is 1.52. The van der Waals surface area contributed by atoms with Crippen molar-refractivity contribution in [3.63, 3.8) is 0 Å². The number of nitrogens with zero attached hydrogens (tertiary/aromatic N) is 1. The largest absolute Gasteiger partial charge is 0.489 e. The van der Waals surface area contributed by atoms with E-state index in [-0.39, 0.29) is 12.5 Å². The fourth-order valence-corrected chi connectivity index (χ4v) is 1.52. The van der Waals surface area contributed by atoms with Crippen LogP contribution in [0.4, 0.5) is 4.39 Å². The summed E-state index contributed by atoms with van der Waals surface area (Å²) in [6.45, 7) is 7.45. The lowest BCUT2D eigenvalue weighted by Gasteiger charge is -2.21. The number of hydrogen-bond donors (Lipinski definition) is 1. The minimum Gasteiger partial charge on any atom is -0.489 e. The van der Waals surface area contributed by atoms with Crippen molar-refractivity contribution in [3.05, 3.63) is 24.0 Å². The van der Waals surface area contributed by atoms with Crippen molar-refractivity contribution in [2.24, 2.45) is 5.73 Å². The highest BCUT2D eigenvalue weighted by atomic mass is 19.1. The van der Waals surface area contributed by atoms with Crippen LogP contribution in [0.1, 0.15) is 45.9 Å². The monoisotopic (exact) mass is 240 g/mol. The molecule has 1 rings (SSSR count). The topological polar surface area (TPSA) is 48.1 Å². The smallest absolute Gasteiger partial charge is 0.138 e. The molecule has 0 saturated carbocycles. The van der Waals surface area contributed by atoms with Crippen LogP contribution in [0.2, 0.25) is 0 Å². The average Bonchev–Trinajstić information content (AvgIpc) is 2.14. The van der Waals surface area contributed by atoms with Gasteiger partial charge in [-0.3, -0.25) is 4.98 Å². The van der Waals surface area contributed by atoms with Crippen LogP contribution in [0.25, 0.3) is 0 Å². The summed E-state index contributed by atoms with van der Waals surface area (Å²) in [7, 11) is 0. The molecule has 1 aromatic heterocycles. The quantitative estimate of drug-likeness (QED) is 0.860. The van der Waals surface area contributed by atoms with E-state index in [1.165, 1.54) is 6.20 Å². The summed E-state index contributed by atoms with van der Waals surface area (Å²) in [5.74, 6) is 0.593. The van der Waals surface area contributed by atoms with Crippen LogP contribution >= 0.6 is 0 Å². The maximum Gasteiger partial charge on any atom is 0.138 e. The first-order chi connectivity index (χ1) is 7.78. The minimum atomic E-state index is -1.11. The Kier molecular flexibility index (Phi) is 4.46. The Labute approximate surface area is 102 Å². The van der Waals surface area contributed by atoms with Gasteiger partial charge in [0, 0.05) is 23.7 Å². The zero-order valence-electron chi connectivity index (χ0n) is 10.9. The highest BCUT2D eigenvalue weighted by molar-refractivity contribution is 5.25. The van der Waals surface area contributed by atoms with Gasteiger partial charge in [-0.2, -0.15) is 0 Å². The summed E-state index contributed by atoms with van der Waals surface area (Å²) in [6, 6.07) is 1.68. The molecule has 0 radical (unpaired) electrons. The van der Waals surface area contributed by atoms with Gasteiger partial charge in [0.2, 0.25) is 0 Å². The van der Waals surface area contributed by atoms with E-state index >= 15 is 0 Å². The molecule has 1 atom stereocenters. The first kappa shape index (κ1) is 13.9. The van der Waals surface area contributed by atoms with Crippen LogP contribution in [0.3, 0.4) is 0 Å². The first-order valence-electron chi connectivity index (χ1n) is 5.82. The summed E-state index contributed by atoms with van der Waals surface area (Å²) in [5.41, 5.74) is 5.78. The third-order valence-electron chi connectivity index (χ3n) is 2.17. The Bertz CT molecular complexity index is 361. The molecule has 1 unspecified atom stereocenters. The van der Waals surface area contributed by atoms with Crippen LogP contribution in [-0.2, 0) is 0 Å². The lowest BCUT2D eigenvalue weighted by Crippen LogP contribution is -2.33. The third-order valence-corrected chi connectivity index (χ3v) is 2.17. The Morgan fingerprint density at radius 3 is 2.59 bits per heavy atom. The molecular formula is C13H21FN2O. The van der Waals surface area contributed by atoms with Gasteiger partial charge >= 0.3 is 0 Å². The number of aromatic nitrogens is 1. The van der Waals surface area contributed by atoms with Crippen LogP contribution < -0.4 is 10.5 Å². The van der Waals surface area contributed by atoms with Crippen molar-refractivity contribution in [1.29, 1.82) is 0 Å². The van der Waals surface area contributed by atoms with Gasteiger partial charge in [-0.25, -0.2) is 4.39 Å². The predicted octanol–water partition coefficient (Wildman–Crippen LogP) is 3.01. The molecule has 0 aromatic carbocycles. The van der Waals surface area contributed by atoms with Crippen LogP contribution in [0, 0.1) is 0 Å². The van der Waals surface area contributed by atoms with E-state index in [1.54, 1.807) is 12.3 Å². The molecule has 2 N–H and O–H groups in total. The summed E-state index contributed by atoms with van der Waals surface area (Å²) in [5, 5.41) is 0. The standard InChI is InChI=1S/C13H21FN2O/c1-9(2)17-11-5-10(7-16-8-11)12(14)6-13(3,4)15/h5,7-9,12H,6,15H2,1-4H3. The third kappa shape index (κ3) is 5.13. The van der Waals surface area contributed by atoms with Crippen molar-refractivity contribution in [1.82, 2.24) is 4.98 Å². The molecule has 3 nitrogen and oxygen atoms in total. The van der Waals surface area contributed by atoms with Crippen LogP contribution in [-0.4, -0.2) is 16.6 Å².